The first-order valence-electron chi connectivity index (χ1n) is 8.86. The van der Waals surface area contributed by atoms with E-state index in [-0.39, 0.29) is 30.3 Å². The minimum Gasteiger partial charge on any atom is -0.335 e. The molecule has 2 unspecified atom stereocenters. The molecule has 25 heavy (non-hydrogen) atoms. The molecule has 2 fully saturated rings. The van der Waals surface area contributed by atoms with Gasteiger partial charge in [-0.3, -0.25) is 4.79 Å². The Kier molecular flexibility index (Phi) is 5.02. The van der Waals surface area contributed by atoms with E-state index in [9.17, 15) is 4.79 Å². The summed E-state index contributed by atoms with van der Waals surface area (Å²) in [5.41, 5.74) is 2.78. The van der Waals surface area contributed by atoms with E-state index in [0.29, 0.717) is 17.3 Å². The van der Waals surface area contributed by atoms with Crippen LogP contribution in [0.4, 0.5) is 0 Å². The standard InChI is InChI=1S/C18H24N4O2.ClH/c1-10(2)16-15-14(8-11(3)20-17(15)24-21-16)18(23)22-12-4-5-13(22)9-19-7-6-12;/h8,10,12-13,19H,4-7,9H2,1-3H3;1H. The van der Waals surface area contributed by atoms with Gasteiger partial charge in [-0.25, -0.2) is 4.98 Å². The molecule has 0 aliphatic carbocycles. The Morgan fingerprint density at radius 3 is 2.84 bits per heavy atom. The van der Waals surface area contributed by atoms with Crippen LogP contribution in [0.2, 0.25) is 0 Å². The maximum absolute atomic E-state index is 13.5. The van der Waals surface area contributed by atoms with E-state index < -0.39 is 0 Å². The van der Waals surface area contributed by atoms with Crippen LogP contribution in [0.3, 0.4) is 0 Å². The predicted molar refractivity (Wildman–Crippen MR) is 98.3 cm³/mol. The first-order chi connectivity index (χ1) is 11.6. The summed E-state index contributed by atoms with van der Waals surface area (Å²) in [6.07, 6.45) is 3.21. The smallest absolute Gasteiger partial charge is 0.259 e. The molecule has 136 valence electrons. The van der Waals surface area contributed by atoms with Crippen LogP contribution in [0, 0.1) is 6.92 Å². The number of aromatic nitrogens is 2. The summed E-state index contributed by atoms with van der Waals surface area (Å²) in [6, 6.07) is 2.52. The predicted octanol–water partition coefficient (Wildman–Crippen LogP) is 3.04. The van der Waals surface area contributed by atoms with E-state index in [1.54, 1.807) is 0 Å². The maximum Gasteiger partial charge on any atom is 0.259 e. The van der Waals surface area contributed by atoms with Gasteiger partial charge in [0.05, 0.1) is 16.6 Å². The molecule has 2 atom stereocenters. The van der Waals surface area contributed by atoms with Crippen molar-refractivity contribution in [1.82, 2.24) is 20.4 Å². The number of hydrogen-bond donors (Lipinski definition) is 1. The van der Waals surface area contributed by atoms with Crippen molar-refractivity contribution in [3.8, 4) is 0 Å². The average molecular weight is 365 g/mol. The maximum atomic E-state index is 13.5. The van der Waals surface area contributed by atoms with Crippen LogP contribution in [-0.4, -0.2) is 46.1 Å². The van der Waals surface area contributed by atoms with Crippen molar-refractivity contribution >= 4 is 29.4 Å². The number of fused-ring (bicyclic) bond motifs is 3. The summed E-state index contributed by atoms with van der Waals surface area (Å²) in [4.78, 5) is 20.0. The van der Waals surface area contributed by atoms with Gasteiger partial charge in [-0.1, -0.05) is 19.0 Å². The minimum absolute atomic E-state index is 0. The molecule has 4 heterocycles. The van der Waals surface area contributed by atoms with E-state index >= 15 is 0 Å². The van der Waals surface area contributed by atoms with Crippen LogP contribution in [0.5, 0.6) is 0 Å². The number of pyridine rings is 1. The molecule has 1 N–H and O–H groups in total. The Bertz CT molecular complexity index is 775. The summed E-state index contributed by atoms with van der Waals surface area (Å²) in [7, 11) is 0. The SMILES string of the molecule is Cc1cc(C(=O)N2C3CCNCC2CC3)c2c(C(C)C)noc2n1.Cl. The van der Waals surface area contributed by atoms with Crippen LogP contribution >= 0.6 is 12.4 Å². The molecule has 6 nitrogen and oxygen atoms in total. The first-order valence-corrected chi connectivity index (χ1v) is 8.86. The minimum atomic E-state index is 0. The number of carbonyl (C=O) groups excluding carboxylic acids is 1. The number of aryl methyl sites for hydroxylation is 1. The van der Waals surface area contributed by atoms with Crippen LogP contribution in [-0.2, 0) is 0 Å². The van der Waals surface area contributed by atoms with E-state index in [1.807, 2.05) is 13.0 Å². The fourth-order valence-electron chi connectivity index (χ4n) is 4.11. The molecule has 4 rings (SSSR count). The zero-order valence-corrected chi connectivity index (χ0v) is 15.7. The van der Waals surface area contributed by atoms with Gasteiger partial charge in [0.1, 0.15) is 0 Å². The Labute approximate surface area is 153 Å². The highest BCUT2D eigenvalue weighted by Crippen LogP contribution is 2.33. The van der Waals surface area contributed by atoms with Crippen molar-refractivity contribution in [3.63, 3.8) is 0 Å². The van der Waals surface area contributed by atoms with Crippen molar-refractivity contribution in [2.24, 2.45) is 0 Å². The van der Waals surface area contributed by atoms with Crippen molar-refractivity contribution in [2.45, 2.75) is 58.0 Å². The fraction of sp³-hybridized carbons (Fsp3) is 0.611. The summed E-state index contributed by atoms with van der Waals surface area (Å²) < 4.78 is 5.42. The lowest BCUT2D eigenvalue weighted by atomic mass is 10.0. The van der Waals surface area contributed by atoms with Crippen LogP contribution in [0.15, 0.2) is 10.6 Å². The highest BCUT2D eigenvalue weighted by Gasteiger charge is 2.39. The molecular formula is C18H25ClN4O2. The topological polar surface area (TPSA) is 71.3 Å². The molecule has 0 aromatic carbocycles. The van der Waals surface area contributed by atoms with E-state index in [4.69, 9.17) is 4.52 Å². The number of carbonyl (C=O) groups is 1. The van der Waals surface area contributed by atoms with Gasteiger partial charge in [-0.15, -0.1) is 12.4 Å². The largest absolute Gasteiger partial charge is 0.335 e. The quantitative estimate of drug-likeness (QED) is 0.886. The molecule has 2 aliphatic rings. The number of amides is 1. The number of rotatable bonds is 2. The van der Waals surface area contributed by atoms with Gasteiger partial charge in [0.25, 0.3) is 11.6 Å². The third kappa shape index (κ3) is 3.02. The van der Waals surface area contributed by atoms with Crippen LogP contribution in [0.1, 0.15) is 60.8 Å². The van der Waals surface area contributed by atoms with Gasteiger partial charge >= 0.3 is 0 Å². The average Bonchev–Trinajstić information content (AvgIpc) is 3.05. The summed E-state index contributed by atoms with van der Waals surface area (Å²) >= 11 is 0. The molecule has 7 heteroatoms. The second-order valence-corrected chi connectivity index (χ2v) is 7.30. The van der Waals surface area contributed by atoms with Crippen LogP contribution in [0.25, 0.3) is 11.1 Å². The lowest BCUT2D eigenvalue weighted by molar-refractivity contribution is 0.0682. The summed E-state index contributed by atoms with van der Waals surface area (Å²) in [5.74, 6) is 0.289. The third-order valence-electron chi connectivity index (χ3n) is 5.27. The molecule has 0 spiro atoms. The molecule has 2 saturated heterocycles. The number of nitrogens with zero attached hydrogens (tertiary/aromatic N) is 3. The third-order valence-corrected chi connectivity index (χ3v) is 5.27. The molecule has 2 aliphatic heterocycles. The van der Waals surface area contributed by atoms with Gasteiger partial charge in [-0.2, -0.15) is 0 Å². The molecule has 2 aromatic heterocycles. The number of nitrogens with one attached hydrogen (secondary N) is 1. The first kappa shape index (κ1) is 18.1. The van der Waals surface area contributed by atoms with Crippen molar-refractivity contribution in [2.75, 3.05) is 13.1 Å². The van der Waals surface area contributed by atoms with E-state index in [0.717, 1.165) is 49.1 Å². The number of halogens is 1. The number of hydrogen-bond acceptors (Lipinski definition) is 5. The van der Waals surface area contributed by atoms with Gasteiger partial charge in [0, 0.05) is 24.3 Å². The van der Waals surface area contributed by atoms with Crippen molar-refractivity contribution in [3.05, 3.63) is 23.0 Å². The van der Waals surface area contributed by atoms with E-state index in [1.165, 1.54) is 0 Å². The molecule has 0 radical (unpaired) electrons. The second-order valence-electron chi connectivity index (χ2n) is 7.30. The second kappa shape index (κ2) is 6.92. The fourth-order valence-corrected chi connectivity index (χ4v) is 4.11. The lowest BCUT2D eigenvalue weighted by Crippen LogP contribution is -2.42. The normalized spacial score (nSPS) is 23.0. The Morgan fingerprint density at radius 2 is 2.08 bits per heavy atom. The van der Waals surface area contributed by atoms with Gasteiger partial charge in [0.2, 0.25) is 0 Å². The molecule has 1 amide bonds. The van der Waals surface area contributed by atoms with Crippen molar-refractivity contribution in [1.29, 1.82) is 0 Å². The molecule has 2 aromatic rings. The van der Waals surface area contributed by atoms with Gasteiger partial charge in [-0.05, 0) is 44.7 Å². The molecule has 2 bridgehead atoms. The van der Waals surface area contributed by atoms with Gasteiger partial charge in [0.15, 0.2) is 0 Å². The summed E-state index contributed by atoms with van der Waals surface area (Å²) in [6.45, 7) is 7.89. The zero-order valence-electron chi connectivity index (χ0n) is 14.9. The van der Waals surface area contributed by atoms with Gasteiger partial charge < -0.3 is 14.7 Å². The van der Waals surface area contributed by atoms with E-state index in [2.05, 4.69) is 34.2 Å². The summed E-state index contributed by atoms with van der Waals surface area (Å²) in [5, 5.41) is 8.42. The zero-order chi connectivity index (χ0) is 16.8. The molecule has 0 saturated carbocycles. The molecular weight excluding hydrogens is 340 g/mol. The highest BCUT2D eigenvalue weighted by molar-refractivity contribution is 6.06. The Hall–Kier alpha value is -1.66. The highest BCUT2D eigenvalue weighted by atomic mass is 35.5. The van der Waals surface area contributed by atoms with Crippen LogP contribution < -0.4 is 5.32 Å². The Morgan fingerprint density at radius 1 is 1.32 bits per heavy atom. The van der Waals surface area contributed by atoms with Crippen molar-refractivity contribution < 1.29 is 9.32 Å². The Balaban J connectivity index is 0.00000182. The monoisotopic (exact) mass is 364 g/mol. The lowest BCUT2D eigenvalue weighted by Gasteiger charge is -2.28.